The van der Waals surface area contributed by atoms with Crippen LogP contribution in [0.25, 0.3) is 0 Å². The highest BCUT2D eigenvalue weighted by Crippen LogP contribution is 2.39. The maximum atomic E-state index is 11.4. The highest BCUT2D eigenvalue weighted by atomic mass is 16.5. The third-order valence-corrected chi connectivity index (χ3v) is 3.60. The molecular formula is C14H19NO2. The predicted molar refractivity (Wildman–Crippen MR) is 66.3 cm³/mol. The first kappa shape index (κ1) is 12.3. The summed E-state index contributed by atoms with van der Waals surface area (Å²) < 4.78 is 5.77. The van der Waals surface area contributed by atoms with E-state index in [4.69, 9.17) is 10.5 Å². The summed E-state index contributed by atoms with van der Waals surface area (Å²) in [6.07, 6.45) is 0.609. The molecule has 1 fully saturated rings. The lowest BCUT2D eigenvalue weighted by Gasteiger charge is -2.41. The number of ether oxygens (including phenoxy) is 1. The van der Waals surface area contributed by atoms with Crippen LogP contribution in [0, 0.1) is 5.41 Å². The number of rotatable bonds is 4. The van der Waals surface area contributed by atoms with Crippen molar-refractivity contribution in [3.05, 3.63) is 35.4 Å². The Labute approximate surface area is 102 Å². The molecule has 0 saturated heterocycles. The Kier molecular flexibility index (Phi) is 3.31. The lowest BCUT2D eigenvalue weighted by molar-refractivity contribution is -0.159. The fraction of sp³-hybridized carbons (Fsp3) is 0.500. The third-order valence-electron chi connectivity index (χ3n) is 3.60. The van der Waals surface area contributed by atoms with E-state index in [1.165, 1.54) is 0 Å². The first-order valence-electron chi connectivity index (χ1n) is 5.97. The van der Waals surface area contributed by atoms with Gasteiger partial charge < -0.3 is 10.5 Å². The zero-order valence-electron chi connectivity index (χ0n) is 10.4. The van der Waals surface area contributed by atoms with Crippen LogP contribution in [0.2, 0.25) is 0 Å². The lowest BCUT2D eigenvalue weighted by Crippen LogP contribution is -2.51. The molecule has 2 N–H and O–H groups in total. The molecule has 1 aliphatic carbocycles. The van der Waals surface area contributed by atoms with E-state index in [1.54, 1.807) is 0 Å². The number of Topliss-reactive ketones (excluding diaryl/α,β-unsaturated/α-hetero) is 1. The average Bonchev–Trinajstić information content (AvgIpc) is 2.35. The van der Waals surface area contributed by atoms with Gasteiger partial charge in [0.1, 0.15) is 5.78 Å². The molecule has 0 aromatic heterocycles. The van der Waals surface area contributed by atoms with Crippen LogP contribution in [0.5, 0.6) is 0 Å². The van der Waals surface area contributed by atoms with Gasteiger partial charge in [0.2, 0.25) is 0 Å². The van der Waals surface area contributed by atoms with Gasteiger partial charge in [0.15, 0.2) is 0 Å². The Morgan fingerprint density at radius 2 is 1.88 bits per heavy atom. The van der Waals surface area contributed by atoms with Crippen LogP contribution in [0.3, 0.4) is 0 Å². The first-order chi connectivity index (χ1) is 8.04. The Hall–Kier alpha value is -1.19. The monoisotopic (exact) mass is 233 g/mol. The Morgan fingerprint density at radius 1 is 1.29 bits per heavy atom. The fourth-order valence-corrected chi connectivity index (χ4v) is 1.97. The van der Waals surface area contributed by atoms with E-state index in [2.05, 4.69) is 0 Å². The van der Waals surface area contributed by atoms with Gasteiger partial charge in [0.25, 0.3) is 0 Å². The maximum absolute atomic E-state index is 11.4. The number of hydrogen-bond acceptors (Lipinski definition) is 3. The van der Waals surface area contributed by atoms with Crippen LogP contribution in [0.4, 0.5) is 0 Å². The molecule has 92 valence electrons. The van der Waals surface area contributed by atoms with Gasteiger partial charge in [0, 0.05) is 13.0 Å². The smallest absolute Gasteiger partial charge is 0.143 e. The second kappa shape index (κ2) is 4.59. The highest BCUT2D eigenvalue weighted by Gasteiger charge is 2.48. The zero-order valence-corrected chi connectivity index (χ0v) is 10.4. The lowest BCUT2D eigenvalue weighted by atomic mass is 9.68. The number of ketones is 1. The number of carbonyl (C=O) groups excluding carboxylic acids is 1. The van der Waals surface area contributed by atoms with Gasteiger partial charge in [-0.1, -0.05) is 38.1 Å². The van der Waals surface area contributed by atoms with Crippen LogP contribution >= 0.6 is 0 Å². The van der Waals surface area contributed by atoms with Crippen molar-refractivity contribution in [2.24, 2.45) is 11.1 Å². The van der Waals surface area contributed by atoms with Crippen molar-refractivity contribution in [1.82, 2.24) is 0 Å². The van der Waals surface area contributed by atoms with Gasteiger partial charge in [-0.3, -0.25) is 4.79 Å². The molecule has 17 heavy (non-hydrogen) atoms. The third kappa shape index (κ3) is 2.40. The van der Waals surface area contributed by atoms with E-state index >= 15 is 0 Å². The van der Waals surface area contributed by atoms with Crippen LogP contribution in [-0.2, 0) is 22.7 Å². The summed E-state index contributed by atoms with van der Waals surface area (Å²) in [6.45, 7) is 5.01. The molecule has 0 radical (unpaired) electrons. The van der Waals surface area contributed by atoms with E-state index in [0.717, 1.165) is 11.1 Å². The summed E-state index contributed by atoms with van der Waals surface area (Å²) in [5.74, 6) is 0.293. The molecule has 1 unspecified atom stereocenters. The molecular weight excluding hydrogens is 214 g/mol. The van der Waals surface area contributed by atoms with Gasteiger partial charge in [-0.25, -0.2) is 0 Å². The van der Waals surface area contributed by atoms with Crippen molar-refractivity contribution in [3.8, 4) is 0 Å². The number of benzene rings is 1. The molecule has 1 aliphatic rings. The van der Waals surface area contributed by atoms with E-state index in [0.29, 0.717) is 25.4 Å². The van der Waals surface area contributed by atoms with Gasteiger partial charge >= 0.3 is 0 Å². The van der Waals surface area contributed by atoms with Crippen LogP contribution in [-0.4, -0.2) is 11.9 Å². The molecule has 1 atom stereocenters. The van der Waals surface area contributed by atoms with E-state index in [1.807, 2.05) is 38.1 Å². The molecule has 0 heterocycles. The van der Waals surface area contributed by atoms with Crippen LogP contribution in [0.15, 0.2) is 24.3 Å². The maximum Gasteiger partial charge on any atom is 0.143 e. The number of nitrogens with two attached hydrogens (primary N) is 1. The van der Waals surface area contributed by atoms with Gasteiger partial charge in [0.05, 0.1) is 18.1 Å². The molecule has 1 aromatic carbocycles. The minimum atomic E-state index is -0.308. The fourth-order valence-electron chi connectivity index (χ4n) is 1.97. The molecule has 3 heteroatoms. The summed E-state index contributed by atoms with van der Waals surface area (Å²) in [5, 5.41) is 0. The molecule has 1 saturated carbocycles. The number of carbonyl (C=O) groups is 1. The Morgan fingerprint density at radius 3 is 2.35 bits per heavy atom. The van der Waals surface area contributed by atoms with Crippen molar-refractivity contribution in [3.63, 3.8) is 0 Å². The Balaban J connectivity index is 1.88. The molecule has 0 amide bonds. The molecule has 0 aliphatic heterocycles. The summed E-state index contributed by atoms with van der Waals surface area (Å²) in [7, 11) is 0. The molecule has 1 aromatic rings. The SMILES string of the molecule is CC1(C)C(=O)CC1OCc1ccc(CN)cc1. The standard InChI is InChI=1S/C14H19NO2/c1-14(2)12(16)7-13(14)17-9-11-5-3-10(8-15)4-6-11/h3-6,13H,7-9,15H2,1-2H3. The first-order valence-corrected chi connectivity index (χ1v) is 5.97. The van der Waals surface area contributed by atoms with E-state index < -0.39 is 0 Å². The molecule has 3 nitrogen and oxygen atoms in total. The van der Waals surface area contributed by atoms with E-state index in [9.17, 15) is 4.79 Å². The minimum Gasteiger partial charge on any atom is -0.372 e. The second-order valence-corrected chi connectivity index (χ2v) is 5.17. The van der Waals surface area contributed by atoms with Crippen molar-refractivity contribution in [1.29, 1.82) is 0 Å². The van der Waals surface area contributed by atoms with Crippen LogP contribution in [0.1, 0.15) is 31.4 Å². The van der Waals surface area contributed by atoms with Gasteiger partial charge in [-0.05, 0) is 11.1 Å². The highest BCUT2D eigenvalue weighted by molar-refractivity contribution is 5.91. The minimum absolute atomic E-state index is 0.0594. The average molecular weight is 233 g/mol. The summed E-state index contributed by atoms with van der Waals surface area (Å²) >= 11 is 0. The van der Waals surface area contributed by atoms with Gasteiger partial charge in [-0.2, -0.15) is 0 Å². The number of hydrogen-bond donors (Lipinski definition) is 1. The Bertz CT molecular complexity index is 409. The quantitative estimate of drug-likeness (QED) is 0.865. The predicted octanol–water partition coefficient (Wildman–Crippen LogP) is 2.03. The van der Waals surface area contributed by atoms with Crippen molar-refractivity contribution in [2.45, 2.75) is 39.5 Å². The second-order valence-electron chi connectivity index (χ2n) is 5.17. The summed E-state index contributed by atoms with van der Waals surface area (Å²) in [6, 6.07) is 8.07. The topological polar surface area (TPSA) is 52.3 Å². The van der Waals surface area contributed by atoms with Crippen molar-refractivity contribution >= 4 is 5.78 Å². The van der Waals surface area contributed by atoms with Crippen LogP contribution < -0.4 is 5.73 Å². The largest absolute Gasteiger partial charge is 0.372 e. The molecule has 0 bridgehead atoms. The summed E-state index contributed by atoms with van der Waals surface area (Å²) in [5.41, 5.74) is 7.47. The normalized spacial score (nSPS) is 22.3. The molecule has 2 rings (SSSR count). The van der Waals surface area contributed by atoms with Gasteiger partial charge in [-0.15, -0.1) is 0 Å². The zero-order chi connectivity index (χ0) is 12.5. The van der Waals surface area contributed by atoms with Crippen molar-refractivity contribution in [2.75, 3.05) is 0 Å². The summed E-state index contributed by atoms with van der Waals surface area (Å²) in [4.78, 5) is 11.4. The van der Waals surface area contributed by atoms with E-state index in [-0.39, 0.29) is 11.5 Å². The van der Waals surface area contributed by atoms with Crippen molar-refractivity contribution < 1.29 is 9.53 Å². The molecule has 0 spiro atoms.